The van der Waals surface area contributed by atoms with Crippen LogP contribution in [0.4, 0.5) is 0 Å². The lowest BCUT2D eigenvalue weighted by Crippen LogP contribution is -2.32. The highest BCUT2D eigenvalue weighted by Gasteiger charge is 2.22. The molecule has 1 atom stereocenters. The van der Waals surface area contributed by atoms with Crippen LogP contribution in [0.25, 0.3) is 22.2 Å². The molecule has 168 valence electrons. The average molecular weight is 443 g/mol. The fraction of sp³-hybridized carbons (Fsp3) is 0.308. The van der Waals surface area contributed by atoms with E-state index in [-0.39, 0.29) is 11.9 Å². The van der Waals surface area contributed by atoms with E-state index in [1.54, 1.807) is 24.3 Å². The van der Waals surface area contributed by atoms with E-state index in [0.717, 1.165) is 55.5 Å². The van der Waals surface area contributed by atoms with Gasteiger partial charge in [-0.1, -0.05) is 30.3 Å². The largest absolute Gasteiger partial charge is 0.379 e. The highest BCUT2D eigenvalue weighted by molar-refractivity contribution is 5.98. The van der Waals surface area contributed by atoms with Crippen LogP contribution >= 0.6 is 0 Å². The number of benzene rings is 2. The van der Waals surface area contributed by atoms with E-state index in [2.05, 4.69) is 28.3 Å². The molecule has 2 aliphatic rings. The molecule has 0 spiro atoms. The number of nitrogens with zero attached hydrogens (tertiary/aromatic N) is 3. The molecule has 1 aromatic heterocycles. The standard InChI is InChI=1S/C21H15N3O2.C5H11NO/c22-11-13-1-6-17-16(12-25)10-19(23-20(17)9-13)15-4-2-14(3-5-15)18-7-8-21(26)24-18;1-6-2-4-7-5-3-6/h1-6,9-10,12,18H,7-8H2,(H,24,26);2-5H2,1H3. The second kappa shape index (κ2) is 10.3. The monoisotopic (exact) mass is 442 g/mol. The van der Waals surface area contributed by atoms with E-state index in [9.17, 15) is 9.59 Å². The number of nitriles is 1. The molecule has 2 aliphatic heterocycles. The molecule has 1 amide bonds. The van der Waals surface area contributed by atoms with Crippen molar-refractivity contribution >= 4 is 23.1 Å². The topological polar surface area (TPSA) is 95.3 Å². The van der Waals surface area contributed by atoms with Crippen LogP contribution in [-0.4, -0.2) is 55.4 Å². The van der Waals surface area contributed by atoms with E-state index < -0.39 is 0 Å². The summed E-state index contributed by atoms with van der Waals surface area (Å²) in [5.41, 5.74) is 4.29. The van der Waals surface area contributed by atoms with Gasteiger partial charge in [0.1, 0.15) is 0 Å². The van der Waals surface area contributed by atoms with Crippen molar-refractivity contribution < 1.29 is 14.3 Å². The first-order valence-corrected chi connectivity index (χ1v) is 11.0. The second-order valence-electron chi connectivity index (χ2n) is 8.25. The number of pyridine rings is 1. The summed E-state index contributed by atoms with van der Waals surface area (Å²) in [5.74, 6) is 0.0826. The van der Waals surface area contributed by atoms with Crippen molar-refractivity contribution in [2.75, 3.05) is 33.4 Å². The second-order valence-corrected chi connectivity index (χ2v) is 8.25. The molecule has 7 heteroatoms. The van der Waals surface area contributed by atoms with Gasteiger partial charge in [-0.05, 0) is 37.2 Å². The lowest BCUT2D eigenvalue weighted by atomic mass is 10.0. The zero-order valence-corrected chi connectivity index (χ0v) is 18.6. The molecule has 0 radical (unpaired) electrons. The maximum atomic E-state index is 11.5. The molecule has 0 saturated carbocycles. The van der Waals surface area contributed by atoms with Crippen molar-refractivity contribution in [2.24, 2.45) is 0 Å². The summed E-state index contributed by atoms with van der Waals surface area (Å²) >= 11 is 0. The third-order valence-electron chi connectivity index (χ3n) is 5.94. The summed E-state index contributed by atoms with van der Waals surface area (Å²) < 4.78 is 5.10. The van der Waals surface area contributed by atoms with Gasteiger partial charge in [0.15, 0.2) is 6.29 Å². The van der Waals surface area contributed by atoms with Gasteiger partial charge in [-0.15, -0.1) is 0 Å². The minimum Gasteiger partial charge on any atom is -0.379 e. The smallest absolute Gasteiger partial charge is 0.220 e. The van der Waals surface area contributed by atoms with E-state index in [4.69, 9.17) is 10.00 Å². The van der Waals surface area contributed by atoms with Crippen LogP contribution in [-0.2, 0) is 9.53 Å². The van der Waals surface area contributed by atoms with Crippen molar-refractivity contribution in [2.45, 2.75) is 18.9 Å². The van der Waals surface area contributed by atoms with Crippen LogP contribution in [0.2, 0.25) is 0 Å². The summed E-state index contributed by atoms with van der Waals surface area (Å²) in [6.45, 7) is 4.02. The van der Waals surface area contributed by atoms with Gasteiger partial charge in [0.05, 0.1) is 42.1 Å². The number of ether oxygens (including phenoxy) is 1. The van der Waals surface area contributed by atoms with Gasteiger partial charge in [-0.3, -0.25) is 9.59 Å². The van der Waals surface area contributed by atoms with Crippen molar-refractivity contribution in [3.8, 4) is 17.3 Å². The number of morpholine rings is 1. The normalized spacial score (nSPS) is 18.2. The van der Waals surface area contributed by atoms with E-state index >= 15 is 0 Å². The zero-order valence-electron chi connectivity index (χ0n) is 18.6. The Morgan fingerprint density at radius 3 is 2.48 bits per heavy atom. The third-order valence-corrected chi connectivity index (χ3v) is 5.94. The fourth-order valence-corrected chi connectivity index (χ4v) is 3.98. The number of rotatable bonds is 3. The number of aldehydes is 1. The summed E-state index contributed by atoms with van der Waals surface area (Å²) in [5, 5.41) is 12.8. The average Bonchev–Trinajstić information content (AvgIpc) is 3.30. The van der Waals surface area contributed by atoms with Gasteiger partial charge in [-0.2, -0.15) is 5.26 Å². The van der Waals surface area contributed by atoms with Crippen LogP contribution in [0, 0.1) is 11.3 Å². The molecule has 5 rings (SSSR count). The first-order valence-electron chi connectivity index (χ1n) is 11.0. The number of likely N-dealkylation sites (N-methyl/N-ethyl adjacent to an activating group) is 1. The number of aromatic nitrogens is 1. The maximum Gasteiger partial charge on any atom is 0.220 e. The molecule has 7 nitrogen and oxygen atoms in total. The number of nitrogens with one attached hydrogen (secondary N) is 1. The predicted molar refractivity (Wildman–Crippen MR) is 126 cm³/mol. The van der Waals surface area contributed by atoms with Gasteiger partial charge in [0, 0.05) is 36.0 Å². The molecule has 0 aliphatic carbocycles. The quantitative estimate of drug-likeness (QED) is 0.624. The number of carbonyl (C=O) groups is 2. The molecule has 2 fully saturated rings. The Hall–Kier alpha value is -3.60. The van der Waals surface area contributed by atoms with Gasteiger partial charge in [0.25, 0.3) is 0 Å². The Bertz CT molecular complexity index is 1190. The molecule has 3 heterocycles. The summed E-state index contributed by atoms with van der Waals surface area (Å²) in [6, 6.07) is 16.9. The lowest BCUT2D eigenvalue weighted by molar-refractivity contribution is -0.119. The molecule has 33 heavy (non-hydrogen) atoms. The third kappa shape index (κ3) is 5.43. The van der Waals surface area contributed by atoms with Crippen LogP contribution in [0.1, 0.15) is 40.4 Å². The fourth-order valence-electron chi connectivity index (χ4n) is 3.98. The van der Waals surface area contributed by atoms with Gasteiger partial charge in [-0.25, -0.2) is 4.98 Å². The van der Waals surface area contributed by atoms with Crippen LogP contribution in [0.5, 0.6) is 0 Å². The molecule has 2 aromatic carbocycles. The van der Waals surface area contributed by atoms with Crippen molar-refractivity contribution in [3.63, 3.8) is 0 Å². The molecule has 0 bridgehead atoms. The number of fused-ring (bicyclic) bond motifs is 1. The Labute approximate surface area is 193 Å². The summed E-state index contributed by atoms with van der Waals surface area (Å²) in [4.78, 5) is 29.8. The number of amides is 1. The van der Waals surface area contributed by atoms with Crippen LogP contribution < -0.4 is 5.32 Å². The van der Waals surface area contributed by atoms with Crippen molar-refractivity contribution in [3.05, 3.63) is 65.2 Å². The highest BCUT2D eigenvalue weighted by atomic mass is 16.5. The van der Waals surface area contributed by atoms with Crippen LogP contribution in [0.3, 0.4) is 0 Å². The summed E-state index contributed by atoms with van der Waals surface area (Å²) in [7, 11) is 2.11. The number of hydrogen-bond acceptors (Lipinski definition) is 6. The maximum absolute atomic E-state index is 11.5. The predicted octanol–water partition coefficient (Wildman–Crippen LogP) is 3.49. The Kier molecular flexibility index (Phi) is 7.08. The van der Waals surface area contributed by atoms with E-state index in [0.29, 0.717) is 28.8 Å². The highest BCUT2D eigenvalue weighted by Crippen LogP contribution is 2.28. The number of hydrogen-bond donors (Lipinski definition) is 1. The Morgan fingerprint density at radius 1 is 1.15 bits per heavy atom. The first-order chi connectivity index (χ1) is 16.1. The van der Waals surface area contributed by atoms with Crippen molar-refractivity contribution in [1.82, 2.24) is 15.2 Å². The molecule has 1 unspecified atom stereocenters. The molecular weight excluding hydrogens is 416 g/mol. The Balaban J connectivity index is 0.000000318. The van der Waals surface area contributed by atoms with E-state index in [1.807, 2.05) is 24.3 Å². The minimum atomic E-state index is 0.0600. The van der Waals surface area contributed by atoms with E-state index in [1.165, 1.54) is 0 Å². The van der Waals surface area contributed by atoms with Gasteiger partial charge >= 0.3 is 0 Å². The molecule has 2 saturated heterocycles. The number of carbonyl (C=O) groups excluding carboxylic acids is 2. The zero-order chi connectivity index (χ0) is 23.2. The SMILES string of the molecule is CN1CCOCC1.N#Cc1ccc2c(C=O)cc(-c3ccc(C4CCC(=O)N4)cc3)nc2c1. The minimum absolute atomic E-state index is 0.0600. The van der Waals surface area contributed by atoms with Crippen molar-refractivity contribution in [1.29, 1.82) is 5.26 Å². The molecular formula is C26H26N4O3. The molecule has 1 N–H and O–H groups in total. The Morgan fingerprint density at radius 2 is 1.91 bits per heavy atom. The van der Waals surface area contributed by atoms with Gasteiger partial charge in [0.2, 0.25) is 5.91 Å². The van der Waals surface area contributed by atoms with Gasteiger partial charge < -0.3 is 15.0 Å². The molecule has 3 aromatic rings. The summed E-state index contributed by atoms with van der Waals surface area (Å²) in [6.07, 6.45) is 2.17. The van der Waals surface area contributed by atoms with Crippen LogP contribution in [0.15, 0.2) is 48.5 Å². The first kappa shape index (κ1) is 22.6. The lowest BCUT2D eigenvalue weighted by Gasteiger charge is -2.21.